The minimum absolute atomic E-state index is 0.0295. The lowest BCUT2D eigenvalue weighted by Gasteiger charge is -2.25. The second-order valence-electron chi connectivity index (χ2n) is 8.88. The van der Waals surface area contributed by atoms with Gasteiger partial charge in [0, 0.05) is 29.9 Å². The first-order valence-corrected chi connectivity index (χ1v) is 11.5. The predicted molar refractivity (Wildman–Crippen MR) is 134 cm³/mol. The molecule has 0 aliphatic carbocycles. The molecule has 0 aromatic heterocycles. The molecule has 0 radical (unpaired) electrons. The molecule has 4 rings (SSSR count). The third-order valence-electron chi connectivity index (χ3n) is 6.30. The largest absolute Gasteiger partial charge is 0.335 e. The first-order valence-electron chi connectivity index (χ1n) is 11.5. The van der Waals surface area contributed by atoms with Gasteiger partial charge in [-0.05, 0) is 56.2 Å². The summed E-state index contributed by atoms with van der Waals surface area (Å²) >= 11 is 0. The van der Waals surface area contributed by atoms with E-state index >= 15 is 0 Å². The smallest absolute Gasteiger partial charge is 0.255 e. The van der Waals surface area contributed by atoms with Crippen LogP contribution >= 0.6 is 0 Å². The Labute approximate surface area is 200 Å². The van der Waals surface area contributed by atoms with Crippen LogP contribution < -0.4 is 10.6 Å². The van der Waals surface area contributed by atoms with Crippen molar-refractivity contribution in [1.29, 1.82) is 0 Å². The minimum atomic E-state index is -0.439. The van der Waals surface area contributed by atoms with Gasteiger partial charge < -0.3 is 15.5 Å². The monoisotopic (exact) mass is 455 g/mol. The van der Waals surface area contributed by atoms with Crippen molar-refractivity contribution in [3.63, 3.8) is 0 Å². The van der Waals surface area contributed by atoms with E-state index in [1.165, 1.54) is 0 Å². The van der Waals surface area contributed by atoms with Gasteiger partial charge in [0.1, 0.15) is 0 Å². The first-order chi connectivity index (χ1) is 16.3. The number of nitrogens with one attached hydrogen (secondary N) is 2. The Morgan fingerprint density at radius 3 is 2.44 bits per heavy atom. The van der Waals surface area contributed by atoms with E-state index < -0.39 is 5.92 Å². The van der Waals surface area contributed by atoms with Crippen LogP contribution in [0, 0.1) is 19.8 Å². The number of likely N-dealkylation sites (tertiary alicyclic amines) is 1. The number of nitrogens with zero attached hydrogens (tertiary/aromatic N) is 1. The zero-order valence-corrected chi connectivity index (χ0v) is 19.7. The lowest BCUT2D eigenvalue weighted by Crippen LogP contribution is -2.30. The Balaban J connectivity index is 1.40. The zero-order chi connectivity index (χ0) is 24.2. The lowest BCUT2D eigenvalue weighted by molar-refractivity contribution is -0.129. The van der Waals surface area contributed by atoms with Crippen LogP contribution in [0.15, 0.2) is 72.8 Å². The van der Waals surface area contributed by atoms with Crippen molar-refractivity contribution in [2.24, 2.45) is 5.92 Å². The summed E-state index contributed by atoms with van der Waals surface area (Å²) in [5, 5.41) is 5.81. The molecule has 1 aliphatic heterocycles. The predicted octanol–water partition coefficient (Wildman–Crippen LogP) is 5.10. The van der Waals surface area contributed by atoms with Gasteiger partial charge in [-0.1, -0.05) is 54.1 Å². The van der Waals surface area contributed by atoms with Crippen molar-refractivity contribution in [2.75, 3.05) is 17.2 Å². The third kappa shape index (κ3) is 5.17. The molecule has 0 bridgehead atoms. The van der Waals surface area contributed by atoms with E-state index in [1.807, 2.05) is 69.3 Å². The third-order valence-corrected chi connectivity index (χ3v) is 6.30. The Morgan fingerprint density at radius 1 is 0.941 bits per heavy atom. The van der Waals surface area contributed by atoms with Crippen LogP contribution in [0.25, 0.3) is 0 Å². The zero-order valence-electron chi connectivity index (χ0n) is 19.7. The van der Waals surface area contributed by atoms with Crippen molar-refractivity contribution in [2.45, 2.75) is 33.2 Å². The van der Waals surface area contributed by atoms with E-state index in [0.29, 0.717) is 17.8 Å². The fraction of sp³-hybridized carbons (Fsp3) is 0.250. The molecule has 3 amide bonds. The van der Waals surface area contributed by atoms with E-state index in [1.54, 1.807) is 29.2 Å². The number of carbonyl (C=O) groups is 3. The maximum Gasteiger partial charge on any atom is 0.255 e. The summed E-state index contributed by atoms with van der Waals surface area (Å²) in [6.45, 7) is 6.30. The molecule has 1 heterocycles. The van der Waals surface area contributed by atoms with Gasteiger partial charge >= 0.3 is 0 Å². The van der Waals surface area contributed by atoms with E-state index in [0.717, 1.165) is 22.4 Å². The number of hydrogen-bond donors (Lipinski definition) is 2. The van der Waals surface area contributed by atoms with Crippen LogP contribution in [0.5, 0.6) is 0 Å². The molecule has 0 spiro atoms. The van der Waals surface area contributed by atoms with Gasteiger partial charge in [0.25, 0.3) is 5.91 Å². The van der Waals surface area contributed by atoms with Gasteiger partial charge in [-0.3, -0.25) is 14.4 Å². The molecule has 34 heavy (non-hydrogen) atoms. The molecular formula is C28H29N3O3. The summed E-state index contributed by atoms with van der Waals surface area (Å²) in [4.78, 5) is 40.1. The van der Waals surface area contributed by atoms with Crippen LogP contribution in [-0.2, 0) is 9.59 Å². The van der Waals surface area contributed by atoms with Crippen molar-refractivity contribution in [3.8, 4) is 0 Å². The standard InChI is InChI=1S/C28H29N3O3/c1-18-12-13-25(19(2)14-18)30-27(33)22-10-7-11-24(15-22)29-28(34)23-16-26(32)31(17-23)20(3)21-8-5-4-6-9-21/h4-15,20,23H,16-17H2,1-3H3,(H,29,34)(H,30,33)/t20-,23-/m0/s1. The number of hydrogen-bond acceptors (Lipinski definition) is 3. The van der Waals surface area contributed by atoms with Crippen LogP contribution in [0.4, 0.5) is 11.4 Å². The molecule has 6 nitrogen and oxygen atoms in total. The minimum Gasteiger partial charge on any atom is -0.335 e. The molecule has 2 atom stereocenters. The van der Waals surface area contributed by atoms with Gasteiger partial charge in [0.2, 0.25) is 11.8 Å². The van der Waals surface area contributed by atoms with Crippen molar-refractivity contribution in [3.05, 3.63) is 95.1 Å². The van der Waals surface area contributed by atoms with Crippen molar-refractivity contribution in [1.82, 2.24) is 4.90 Å². The Morgan fingerprint density at radius 2 is 1.71 bits per heavy atom. The molecule has 1 saturated heterocycles. The highest BCUT2D eigenvalue weighted by Crippen LogP contribution is 2.29. The van der Waals surface area contributed by atoms with Crippen LogP contribution in [-0.4, -0.2) is 29.2 Å². The summed E-state index contributed by atoms with van der Waals surface area (Å²) in [6.07, 6.45) is 0.176. The summed E-state index contributed by atoms with van der Waals surface area (Å²) in [6, 6.07) is 22.4. The average molecular weight is 456 g/mol. The number of aryl methyl sites for hydroxylation is 2. The van der Waals surface area contributed by atoms with E-state index in [-0.39, 0.29) is 30.2 Å². The quantitative estimate of drug-likeness (QED) is 0.543. The molecule has 6 heteroatoms. The number of benzene rings is 3. The van der Waals surface area contributed by atoms with Crippen LogP contribution in [0.3, 0.4) is 0 Å². The van der Waals surface area contributed by atoms with Gasteiger partial charge in [0.15, 0.2) is 0 Å². The van der Waals surface area contributed by atoms with Gasteiger partial charge in [-0.2, -0.15) is 0 Å². The SMILES string of the molecule is Cc1ccc(NC(=O)c2cccc(NC(=O)[C@H]3CC(=O)N([C@@H](C)c4ccccc4)C3)c2)c(C)c1. The fourth-order valence-electron chi connectivity index (χ4n) is 4.32. The Bertz CT molecular complexity index is 1220. The van der Waals surface area contributed by atoms with Gasteiger partial charge in [-0.25, -0.2) is 0 Å². The molecule has 2 N–H and O–H groups in total. The Kier molecular flexibility index (Phi) is 6.77. The molecule has 174 valence electrons. The molecule has 0 unspecified atom stereocenters. The summed E-state index contributed by atoms with van der Waals surface area (Å²) in [7, 11) is 0. The highest BCUT2D eigenvalue weighted by atomic mass is 16.2. The highest BCUT2D eigenvalue weighted by Gasteiger charge is 2.37. The van der Waals surface area contributed by atoms with Crippen molar-refractivity contribution < 1.29 is 14.4 Å². The molecule has 1 aliphatic rings. The molecule has 0 saturated carbocycles. The number of anilines is 2. The number of amides is 3. The molecular weight excluding hydrogens is 426 g/mol. The van der Waals surface area contributed by atoms with E-state index in [4.69, 9.17) is 0 Å². The average Bonchev–Trinajstić information content (AvgIpc) is 3.23. The lowest BCUT2D eigenvalue weighted by atomic mass is 10.1. The second kappa shape index (κ2) is 9.91. The fourth-order valence-corrected chi connectivity index (χ4v) is 4.32. The van der Waals surface area contributed by atoms with E-state index in [9.17, 15) is 14.4 Å². The van der Waals surface area contributed by atoms with Crippen molar-refractivity contribution >= 4 is 29.1 Å². The molecule has 3 aromatic carbocycles. The number of rotatable bonds is 6. The summed E-state index contributed by atoms with van der Waals surface area (Å²) in [5.41, 5.74) is 4.88. The normalized spacial score (nSPS) is 16.3. The Hall–Kier alpha value is -3.93. The van der Waals surface area contributed by atoms with E-state index in [2.05, 4.69) is 10.6 Å². The van der Waals surface area contributed by atoms with Crippen LogP contribution in [0.2, 0.25) is 0 Å². The topological polar surface area (TPSA) is 78.5 Å². The maximum absolute atomic E-state index is 12.9. The van der Waals surface area contributed by atoms with Gasteiger partial charge in [0.05, 0.1) is 12.0 Å². The molecule has 1 fully saturated rings. The second-order valence-corrected chi connectivity index (χ2v) is 8.88. The van der Waals surface area contributed by atoms with Crippen LogP contribution in [0.1, 0.15) is 46.4 Å². The first kappa shape index (κ1) is 23.2. The summed E-state index contributed by atoms with van der Waals surface area (Å²) < 4.78 is 0. The molecule has 3 aromatic rings. The van der Waals surface area contributed by atoms with Gasteiger partial charge in [-0.15, -0.1) is 0 Å². The number of carbonyl (C=O) groups excluding carboxylic acids is 3. The summed E-state index contributed by atoms with van der Waals surface area (Å²) in [5.74, 6) is -0.936. The highest BCUT2D eigenvalue weighted by molar-refractivity contribution is 6.06. The maximum atomic E-state index is 12.9.